The molecule has 0 bridgehead atoms. The van der Waals surface area contributed by atoms with E-state index >= 15 is 0 Å². The zero-order valence-electron chi connectivity index (χ0n) is 22.5. The van der Waals surface area contributed by atoms with Crippen molar-refractivity contribution in [1.29, 1.82) is 5.26 Å². The number of hydrogen-bond acceptors (Lipinski definition) is 8. The third kappa shape index (κ3) is 5.40. The second-order valence-electron chi connectivity index (χ2n) is 10.8. The molecule has 10 nitrogen and oxygen atoms in total. The molecule has 4 aromatic rings. The minimum atomic E-state index is -1.09. The van der Waals surface area contributed by atoms with E-state index in [-0.39, 0.29) is 0 Å². The van der Waals surface area contributed by atoms with Crippen LogP contribution in [-0.4, -0.2) is 80.0 Å². The van der Waals surface area contributed by atoms with Gasteiger partial charge in [0.25, 0.3) is 0 Å². The van der Waals surface area contributed by atoms with Crippen molar-refractivity contribution in [3.8, 4) is 28.6 Å². The third-order valence-electron chi connectivity index (χ3n) is 7.44. The van der Waals surface area contributed by atoms with Crippen LogP contribution in [0.4, 0.5) is 5.82 Å². The number of nitrogens with zero attached hydrogens (tertiary/aromatic N) is 9. The van der Waals surface area contributed by atoms with E-state index in [0.717, 1.165) is 74.5 Å². The molecule has 0 spiro atoms. The first-order valence-electron chi connectivity index (χ1n) is 13.4. The Morgan fingerprint density at radius 2 is 1.82 bits per heavy atom. The van der Waals surface area contributed by atoms with Gasteiger partial charge < -0.3 is 10.2 Å². The van der Waals surface area contributed by atoms with Gasteiger partial charge in [-0.2, -0.15) is 15.5 Å². The molecule has 2 fully saturated rings. The molecule has 2 aliphatic rings. The van der Waals surface area contributed by atoms with Gasteiger partial charge in [-0.15, -0.1) is 9.41 Å². The Morgan fingerprint density at radius 1 is 1.03 bits per heavy atom. The number of piperidine rings is 2. The highest BCUT2D eigenvalue weighted by molar-refractivity contribution is 8.01. The molecule has 0 saturated carbocycles. The van der Waals surface area contributed by atoms with Gasteiger partial charge >= 0.3 is 0 Å². The van der Waals surface area contributed by atoms with Crippen molar-refractivity contribution in [1.82, 2.24) is 34.7 Å². The Hall–Kier alpha value is -3.75. The standard InChI is InChI=1S/C28H34N10S/c1-39(2,3)35-23-8-12-36(13-9-23)26-5-4-20(15-31-26)27-28-21(14-29)16-33-38(28)19-25(34-27)22-17-32-37(18-22)24-6-10-30-11-7-24/h4-5,15-19,23-24,30H,1,6-13H2,2-3H3. The predicted octanol–water partition coefficient (Wildman–Crippen LogP) is 3.45. The molecule has 2 saturated heterocycles. The van der Waals surface area contributed by atoms with Crippen LogP contribution in [-0.2, 0) is 9.41 Å². The molecular weight excluding hydrogens is 508 g/mol. The van der Waals surface area contributed by atoms with Crippen LogP contribution in [0, 0.1) is 11.3 Å². The fourth-order valence-electron chi connectivity index (χ4n) is 5.49. The van der Waals surface area contributed by atoms with Gasteiger partial charge in [-0.1, -0.05) is 5.87 Å². The summed E-state index contributed by atoms with van der Waals surface area (Å²) in [5.74, 6) is 5.16. The van der Waals surface area contributed by atoms with Crippen LogP contribution in [0.5, 0.6) is 0 Å². The van der Waals surface area contributed by atoms with Crippen molar-refractivity contribution < 1.29 is 0 Å². The van der Waals surface area contributed by atoms with E-state index < -0.39 is 9.41 Å². The molecule has 202 valence electrons. The SMILES string of the molecule is C=S(C)(C)=NC1CCN(c2ccc(-c3nc(-c4cnn(C5CCNCC5)c4)cn4ncc(C#N)c34)cn2)CC1. The van der Waals surface area contributed by atoms with Crippen molar-refractivity contribution in [3.63, 3.8) is 0 Å². The molecule has 39 heavy (non-hydrogen) atoms. The Bertz CT molecular complexity index is 1630. The van der Waals surface area contributed by atoms with Crippen molar-refractivity contribution in [3.05, 3.63) is 48.7 Å². The average Bonchev–Trinajstić information content (AvgIpc) is 3.60. The number of fused-ring (bicyclic) bond motifs is 1. The highest BCUT2D eigenvalue weighted by atomic mass is 32.2. The average molecular weight is 543 g/mol. The molecule has 2 aliphatic heterocycles. The molecule has 0 radical (unpaired) electrons. The summed E-state index contributed by atoms with van der Waals surface area (Å²) in [6.07, 6.45) is 17.7. The van der Waals surface area contributed by atoms with E-state index in [0.29, 0.717) is 28.9 Å². The summed E-state index contributed by atoms with van der Waals surface area (Å²) in [6.45, 7) is 3.86. The van der Waals surface area contributed by atoms with Crippen LogP contribution < -0.4 is 10.2 Å². The number of aromatic nitrogens is 6. The highest BCUT2D eigenvalue weighted by Gasteiger charge is 2.22. The number of pyridine rings is 1. The topological polar surface area (TPSA) is 112 Å². The van der Waals surface area contributed by atoms with E-state index in [9.17, 15) is 5.26 Å². The molecule has 0 amide bonds. The largest absolute Gasteiger partial charge is 0.356 e. The lowest BCUT2D eigenvalue weighted by Crippen LogP contribution is -2.36. The number of rotatable bonds is 5. The lowest BCUT2D eigenvalue weighted by molar-refractivity contribution is 0.343. The van der Waals surface area contributed by atoms with Gasteiger partial charge in [0.1, 0.15) is 23.0 Å². The lowest BCUT2D eigenvalue weighted by Gasteiger charge is -2.31. The number of nitriles is 1. The summed E-state index contributed by atoms with van der Waals surface area (Å²) < 4.78 is 8.72. The van der Waals surface area contributed by atoms with Crippen molar-refractivity contribution in [2.45, 2.75) is 37.8 Å². The van der Waals surface area contributed by atoms with Crippen LogP contribution in [0.1, 0.15) is 37.3 Å². The molecular formula is C28H34N10S. The van der Waals surface area contributed by atoms with E-state index in [1.807, 2.05) is 30.7 Å². The minimum absolute atomic E-state index is 0.383. The predicted molar refractivity (Wildman–Crippen MR) is 157 cm³/mol. The normalized spacial score (nSPS) is 17.4. The fraction of sp³-hybridized carbons (Fsp3) is 0.429. The van der Waals surface area contributed by atoms with Crippen LogP contribution >= 0.6 is 0 Å². The molecule has 6 heterocycles. The van der Waals surface area contributed by atoms with Gasteiger partial charge in [0, 0.05) is 36.6 Å². The van der Waals surface area contributed by atoms with E-state index in [2.05, 4.69) is 55.7 Å². The Morgan fingerprint density at radius 3 is 2.51 bits per heavy atom. The number of anilines is 1. The summed E-state index contributed by atoms with van der Waals surface area (Å²) >= 11 is 0. The zero-order valence-corrected chi connectivity index (χ0v) is 23.3. The van der Waals surface area contributed by atoms with Crippen LogP contribution in [0.25, 0.3) is 28.0 Å². The van der Waals surface area contributed by atoms with Crippen LogP contribution in [0.2, 0.25) is 0 Å². The fourth-order valence-corrected chi connectivity index (χ4v) is 6.51. The molecule has 0 aromatic carbocycles. The van der Waals surface area contributed by atoms with E-state index in [1.165, 1.54) is 0 Å². The van der Waals surface area contributed by atoms with E-state index in [1.54, 1.807) is 10.7 Å². The molecule has 0 atom stereocenters. The molecule has 0 unspecified atom stereocenters. The molecule has 4 aromatic heterocycles. The Kier molecular flexibility index (Phi) is 6.83. The van der Waals surface area contributed by atoms with Gasteiger partial charge in [-0.3, -0.25) is 9.04 Å². The quantitative estimate of drug-likeness (QED) is 0.385. The smallest absolute Gasteiger partial charge is 0.128 e. The number of hydrogen-bond donors (Lipinski definition) is 1. The second-order valence-corrected chi connectivity index (χ2v) is 14.0. The molecule has 6 rings (SSSR count). The minimum Gasteiger partial charge on any atom is -0.356 e. The van der Waals surface area contributed by atoms with Gasteiger partial charge in [-0.25, -0.2) is 14.5 Å². The summed E-state index contributed by atoms with van der Waals surface area (Å²) in [7, 11) is -1.09. The maximum atomic E-state index is 9.75. The molecule has 11 heteroatoms. The molecule has 1 N–H and O–H groups in total. The van der Waals surface area contributed by atoms with Gasteiger partial charge in [-0.05, 0) is 63.4 Å². The summed E-state index contributed by atoms with van der Waals surface area (Å²) in [5.41, 5.74) is 4.39. The summed E-state index contributed by atoms with van der Waals surface area (Å²) in [5, 5.41) is 22.3. The molecule has 0 aliphatic carbocycles. The lowest BCUT2D eigenvalue weighted by atomic mass is 10.1. The van der Waals surface area contributed by atoms with Crippen molar-refractivity contribution in [2.75, 3.05) is 43.6 Å². The van der Waals surface area contributed by atoms with Gasteiger partial charge in [0.15, 0.2) is 0 Å². The Labute approximate surface area is 229 Å². The monoisotopic (exact) mass is 542 g/mol. The van der Waals surface area contributed by atoms with Gasteiger partial charge in [0.2, 0.25) is 0 Å². The maximum absolute atomic E-state index is 9.75. The van der Waals surface area contributed by atoms with Crippen LogP contribution in [0.3, 0.4) is 0 Å². The number of nitrogens with one attached hydrogen (secondary N) is 1. The van der Waals surface area contributed by atoms with Crippen LogP contribution in [0.15, 0.2) is 47.5 Å². The zero-order chi connectivity index (χ0) is 27.0. The summed E-state index contributed by atoms with van der Waals surface area (Å²) in [4.78, 5) is 12.1. The maximum Gasteiger partial charge on any atom is 0.128 e. The second kappa shape index (κ2) is 10.4. The van der Waals surface area contributed by atoms with Crippen molar-refractivity contribution >= 4 is 26.6 Å². The summed E-state index contributed by atoms with van der Waals surface area (Å²) in [6, 6.07) is 7.13. The highest BCUT2D eigenvalue weighted by Crippen LogP contribution is 2.30. The Balaban J connectivity index is 1.30. The van der Waals surface area contributed by atoms with E-state index in [4.69, 9.17) is 14.3 Å². The van der Waals surface area contributed by atoms with Gasteiger partial charge in [0.05, 0.1) is 42.1 Å². The first kappa shape index (κ1) is 25.5. The van der Waals surface area contributed by atoms with Crippen molar-refractivity contribution in [2.24, 2.45) is 4.36 Å². The third-order valence-corrected chi connectivity index (χ3v) is 8.31. The first-order valence-corrected chi connectivity index (χ1v) is 16.0. The first-order chi connectivity index (χ1) is 18.9.